The van der Waals surface area contributed by atoms with Gasteiger partial charge in [0.1, 0.15) is 12.2 Å². The van der Waals surface area contributed by atoms with Gasteiger partial charge in [0.15, 0.2) is 17.3 Å². The fourth-order valence-corrected chi connectivity index (χ4v) is 2.99. The zero-order valence-electron chi connectivity index (χ0n) is 14.6. The number of amides is 1. The van der Waals surface area contributed by atoms with Crippen molar-refractivity contribution in [3.05, 3.63) is 70.9 Å². The van der Waals surface area contributed by atoms with E-state index in [1.54, 1.807) is 37.5 Å². The fourth-order valence-electron chi connectivity index (χ4n) is 2.41. The lowest BCUT2D eigenvalue weighted by molar-refractivity contribution is 0.0929. The van der Waals surface area contributed by atoms with Gasteiger partial charge in [-0.05, 0) is 45.8 Å². The van der Waals surface area contributed by atoms with Gasteiger partial charge >= 0.3 is 5.91 Å². The summed E-state index contributed by atoms with van der Waals surface area (Å²) in [5.74, 6) is 0.872. The average Bonchev–Trinajstić information content (AvgIpc) is 3.11. The lowest BCUT2D eigenvalue weighted by atomic mass is 10.2. The van der Waals surface area contributed by atoms with E-state index in [-0.39, 0.29) is 5.76 Å². The van der Waals surface area contributed by atoms with Crippen LogP contribution in [-0.2, 0) is 0 Å². The largest absolute Gasteiger partial charge is 0.493 e. The summed E-state index contributed by atoms with van der Waals surface area (Å²) >= 11 is 3.44. The number of nitrogens with one attached hydrogen (secondary N) is 1. The normalized spacial score (nSPS) is 10.9. The summed E-state index contributed by atoms with van der Waals surface area (Å²) in [5, 5.41) is 4.84. The summed E-state index contributed by atoms with van der Waals surface area (Å²) in [4.78, 5) is 12.2. The molecule has 1 aromatic heterocycles. The molecule has 0 atom stereocenters. The van der Waals surface area contributed by atoms with E-state index >= 15 is 0 Å². The minimum Gasteiger partial charge on any atom is -0.493 e. The molecule has 6 nitrogen and oxygen atoms in total. The molecule has 0 saturated heterocycles. The Balaban J connectivity index is 1.72. The second-order valence-electron chi connectivity index (χ2n) is 5.48. The molecule has 3 aromatic rings. The lowest BCUT2D eigenvalue weighted by Gasteiger charge is -2.12. The van der Waals surface area contributed by atoms with E-state index in [1.807, 2.05) is 18.2 Å². The summed E-state index contributed by atoms with van der Waals surface area (Å²) in [6.45, 7) is 3.98. The molecule has 1 heterocycles. The summed E-state index contributed by atoms with van der Waals surface area (Å²) in [6.07, 6.45) is 3.15. The number of hydrazone groups is 1. The Bertz CT molecular complexity index is 977. The molecule has 1 N–H and O–H groups in total. The van der Waals surface area contributed by atoms with E-state index in [1.165, 1.54) is 6.21 Å². The molecule has 0 fully saturated rings. The minimum absolute atomic E-state index is 0.195. The molecule has 0 radical (unpaired) electrons. The van der Waals surface area contributed by atoms with Crippen molar-refractivity contribution < 1.29 is 18.7 Å². The number of nitrogens with zero attached hydrogens (tertiary/aromatic N) is 1. The molecule has 0 aliphatic rings. The van der Waals surface area contributed by atoms with Crippen LogP contribution in [0.3, 0.4) is 0 Å². The highest BCUT2D eigenvalue weighted by Gasteiger charge is 2.12. The number of hydrogen-bond donors (Lipinski definition) is 1. The molecule has 0 saturated carbocycles. The highest BCUT2D eigenvalue weighted by molar-refractivity contribution is 9.10. The first-order valence-electron chi connectivity index (χ1n) is 8.05. The number of fused-ring (bicyclic) bond motifs is 1. The third-order valence-electron chi connectivity index (χ3n) is 3.63. The predicted octanol–water partition coefficient (Wildman–Crippen LogP) is 4.53. The Kier molecular flexibility index (Phi) is 5.93. The van der Waals surface area contributed by atoms with Crippen LogP contribution in [0.4, 0.5) is 0 Å². The van der Waals surface area contributed by atoms with Crippen LogP contribution in [0.5, 0.6) is 11.5 Å². The predicted molar refractivity (Wildman–Crippen MR) is 108 cm³/mol. The summed E-state index contributed by atoms with van der Waals surface area (Å²) < 4.78 is 17.1. The second kappa shape index (κ2) is 8.55. The molecule has 7 heteroatoms. The molecular formula is C20H17BrN2O4. The molecule has 1 amide bonds. The molecule has 138 valence electrons. The third kappa shape index (κ3) is 4.38. The minimum atomic E-state index is -0.431. The Labute approximate surface area is 164 Å². The number of halogens is 1. The van der Waals surface area contributed by atoms with Gasteiger partial charge in [-0.3, -0.25) is 4.79 Å². The first-order chi connectivity index (χ1) is 13.1. The highest BCUT2D eigenvalue weighted by atomic mass is 79.9. The number of rotatable bonds is 7. The fraction of sp³-hybridized carbons (Fsp3) is 0.100. The van der Waals surface area contributed by atoms with Crippen molar-refractivity contribution in [1.82, 2.24) is 5.43 Å². The van der Waals surface area contributed by atoms with Gasteiger partial charge in [-0.1, -0.05) is 30.9 Å². The Morgan fingerprint density at radius 3 is 2.89 bits per heavy atom. The first kappa shape index (κ1) is 18.7. The van der Waals surface area contributed by atoms with Crippen LogP contribution >= 0.6 is 15.9 Å². The maximum absolute atomic E-state index is 12.2. The van der Waals surface area contributed by atoms with Crippen LogP contribution in [0.1, 0.15) is 16.1 Å². The topological polar surface area (TPSA) is 73.1 Å². The van der Waals surface area contributed by atoms with E-state index in [0.29, 0.717) is 28.2 Å². The number of para-hydroxylation sites is 1. The summed E-state index contributed by atoms with van der Waals surface area (Å²) in [7, 11) is 1.55. The van der Waals surface area contributed by atoms with Gasteiger partial charge in [0.2, 0.25) is 0 Å². The van der Waals surface area contributed by atoms with Crippen molar-refractivity contribution in [2.24, 2.45) is 5.10 Å². The van der Waals surface area contributed by atoms with Crippen LogP contribution in [-0.4, -0.2) is 25.8 Å². The van der Waals surface area contributed by atoms with Crippen molar-refractivity contribution in [3.8, 4) is 11.5 Å². The Morgan fingerprint density at radius 2 is 2.15 bits per heavy atom. The van der Waals surface area contributed by atoms with Gasteiger partial charge in [-0.2, -0.15) is 5.10 Å². The molecule has 2 aromatic carbocycles. The molecule has 0 spiro atoms. The average molecular weight is 429 g/mol. The number of hydrogen-bond acceptors (Lipinski definition) is 5. The second-order valence-corrected chi connectivity index (χ2v) is 6.34. The maximum Gasteiger partial charge on any atom is 0.307 e. The lowest BCUT2D eigenvalue weighted by Crippen LogP contribution is -2.16. The SMILES string of the molecule is C=CCOc1c(Br)cc(/C=N/NC(=O)c2cc3ccccc3o2)cc1OC. The number of furan rings is 1. The molecule has 0 aliphatic heterocycles. The van der Waals surface area contributed by atoms with Crippen molar-refractivity contribution in [1.29, 1.82) is 0 Å². The Hall–Kier alpha value is -3.06. The molecule has 3 rings (SSSR count). The van der Waals surface area contributed by atoms with Gasteiger partial charge in [-0.25, -0.2) is 5.43 Å². The smallest absolute Gasteiger partial charge is 0.307 e. The van der Waals surface area contributed by atoms with Crippen LogP contribution in [0, 0.1) is 0 Å². The van der Waals surface area contributed by atoms with Crippen LogP contribution in [0.25, 0.3) is 11.0 Å². The van der Waals surface area contributed by atoms with E-state index in [0.717, 1.165) is 10.9 Å². The first-order valence-corrected chi connectivity index (χ1v) is 8.85. The molecule has 27 heavy (non-hydrogen) atoms. The standard InChI is InChI=1S/C20H17BrN2O4/c1-3-8-26-19-15(21)9-13(10-17(19)25-2)12-22-23-20(24)18-11-14-6-4-5-7-16(14)27-18/h3-7,9-12H,1,8H2,2H3,(H,23,24)/b22-12+. The van der Waals surface area contributed by atoms with Gasteiger partial charge in [-0.15, -0.1) is 0 Å². The number of carbonyl (C=O) groups is 1. The van der Waals surface area contributed by atoms with Crippen LogP contribution in [0.2, 0.25) is 0 Å². The molecular weight excluding hydrogens is 412 g/mol. The van der Waals surface area contributed by atoms with Crippen LogP contribution in [0.15, 0.2) is 69.1 Å². The maximum atomic E-state index is 12.2. The summed E-state index contributed by atoms with van der Waals surface area (Å²) in [5.41, 5.74) is 3.82. The van der Waals surface area contributed by atoms with Crippen molar-refractivity contribution in [3.63, 3.8) is 0 Å². The van der Waals surface area contributed by atoms with Crippen LogP contribution < -0.4 is 14.9 Å². The molecule has 0 aliphatic carbocycles. The van der Waals surface area contributed by atoms with Gasteiger partial charge in [0.05, 0.1) is 17.8 Å². The van der Waals surface area contributed by atoms with E-state index in [2.05, 4.69) is 33.0 Å². The van der Waals surface area contributed by atoms with E-state index < -0.39 is 5.91 Å². The van der Waals surface area contributed by atoms with Gasteiger partial charge < -0.3 is 13.9 Å². The zero-order valence-corrected chi connectivity index (χ0v) is 16.2. The molecule has 0 bridgehead atoms. The van der Waals surface area contributed by atoms with Gasteiger partial charge in [0, 0.05) is 5.39 Å². The summed E-state index contributed by atoms with van der Waals surface area (Å²) in [6, 6.07) is 12.6. The quantitative estimate of drug-likeness (QED) is 0.340. The number of ether oxygens (including phenoxy) is 2. The monoisotopic (exact) mass is 428 g/mol. The zero-order chi connectivity index (χ0) is 19.2. The number of benzene rings is 2. The third-order valence-corrected chi connectivity index (χ3v) is 4.22. The molecule has 0 unspecified atom stereocenters. The van der Waals surface area contributed by atoms with Gasteiger partial charge in [0.25, 0.3) is 0 Å². The highest BCUT2D eigenvalue weighted by Crippen LogP contribution is 2.36. The van der Waals surface area contributed by atoms with E-state index in [9.17, 15) is 4.79 Å². The number of methoxy groups -OCH3 is 1. The van der Waals surface area contributed by atoms with Crippen molar-refractivity contribution in [2.45, 2.75) is 0 Å². The Morgan fingerprint density at radius 1 is 1.33 bits per heavy atom. The van der Waals surface area contributed by atoms with Crippen molar-refractivity contribution >= 4 is 39.0 Å². The number of carbonyl (C=O) groups excluding carboxylic acids is 1. The van der Waals surface area contributed by atoms with Crippen molar-refractivity contribution in [2.75, 3.05) is 13.7 Å². The van der Waals surface area contributed by atoms with E-state index in [4.69, 9.17) is 13.9 Å².